The van der Waals surface area contributed by atoms with Gasteiger partial charge in [0, 0.05) is 6.21 Å². The summed E-state index contributed by atoms with van der Waals surface area (Å²) < 4.78 is 0. The predicted octanol–water partition coefficient (Wildman–Crippen LogP) is 4.47. The highest BCUT2D eigenvalue weighted by Crippen LogP contribution is 2.13. The molecule has 0 saturated carbocycles. The molecule has 17 heavy (non-hydrogen) atoms. The summed E-state index contributed by atoms with van der Waals surface area (Å²) in [5, 5.41) is 7.10. The number of aryl methyl sites for hydroxylation is 2. The van der Waals surface area contributed by atoms with E-state index in [4.69, 9.17) is 5.41 Å². The fourth-order valence-corrected chi connectivity index (χ4v) is 1.65. The SMILES string of the molecule is C\C=C/C(/C=C/c1ccc(C)cc1C)=C\C=N. The van der Waals surface area contributed by atoms with E-state index in [2.05, 4.69) is 38.1 Å². The van der Waals surface area contributed by atoms with Crippen LogP contribution in [0.3, 0.4) is 0 Å². The van der Waals surface area contributed by atoms with Crippen LogP contribution < -0.4 is 0 Å². The molecule has 0 heterocycles. The summed E-state index contributed by atoms with van der Waals surface area (Å²) in [5.41, 5.74) is 4.80. The summed E-state index contributed by atoms with van der Waals surface area (Å²) in [6, 6.07) is 6.41. The van der Waals surface area contributed by atoms with Crippen molar-refractivity contribution in [2.45, 2.75) is 20.8 Å². The average Bonchev–Trinajstić information content (AvgIpc) is 2.28. The van der Waals surface area contributed by atoms with E-state index in [0.29, 0.717) is 0 Å². The van der Waals surface area contributed by atoms with Gasteiger partial charge in [0.15, 0.2) is 0 Å². The molecule has 0 atom stereocenters. The van der Waals surface area contributed by atoms with Gasteiger partial charge >= 0.3 is 0 Å². The number of rotatable bonds is 4. The van der Waals surface area contributed by atoms with E-state index in [0.717, 1.165) is 5.57 Å². The summed E-state index contributed by atoms with van der Waals surface area (Å²) >= 11 is 0. The zero-order valence-corrected chi connectivity index (χ0v) is 10.7. The number of nitrogens with one attached hydrogen (secondary N) is 1. The quantitative estimate of drug-likeness (QED) is 0.577. The van der Waals surface area contributed by atoms with Gasteiger partial charge in [-0.25, -0.2) is 0 Å². The van der Waals surface area contributed by atoms with Gasteiger partial charge in [-0.15, -0.1) is 0 Å². The van der Waals surface area contributed by atoms with Crippen LogP contribution in [0.2, 0.25) is 0 Å². The minimum absolute atomic E-state index is 1.03. The molecule has 0 aliphatic carbocycles. The Morgan fingerprint density at radius 2 is 1.94 bits per heavy atom. The Hall–Kier alpha value is -1.89. The first kappa shape index (κ1) is 13.2. The molecule has 0 saturated heterocycles. The standard InChI is InChI=1S/C16H19N/c1-4-5-15(10-11-17)7-9-16-8-6-13(2)12-14(16)3/h4-12,17H,1-3H3/b5-4-,9-7+,15-10+,17-11?. The zero-order valence-electron chi connectivity index (χ0n) is 10.7. The molecule has 0 aliphatic heterocycles. The Morgan fingerprint density at radius 3 is 2.53 bits per heavy atom. The van der Waals surface area contributed by atoms with Crippen LogP contribution in [0, 0.1) is 19.3 Å². The van der Waals surface area contributed by atoms with E-state index >= 15 is 0 Å². The molecule has 1 nitrogen and oxygen atoms in total. The van der Waals surface area contributed by atoms with Crippen molar-refractivity contribution in [2.75, 3.05) is 0 Å². The largest absolute Gasteiger partial charge is 0.309 e. The maximum atomic E-state index is 7.10. The molecule has 0 bridgehead atoms. The monoisotopic (exact) mass is 225 g/mol. The van der Waals surface area contributed by atoms with E-state index < -0.39 is 0 Å². The molecule has 0 unspecified atom stereocenters. The fraction of sp³-hybridized carbons (Fsp3) is 0.188. The Bertz CT molecular complexity index is 476. The molecule has 1 aromatic rings. The molecule has 1 heteroatoms. The Balaban J connectivity index is 2.96. The van der Waals surface area contributed by atoms with E-state index in [1.165, 1.54) is 22.9 Å². The average molecular weight is 225 g/mol. The third kappa shape index (κ3) is 4.23. The lowest BCUT2D eigenvalue weighted by atomic mass is 10.0. The molecule has 1 N–H and O–H groups in total. The molecule has 0 radical (unpaired) electrons. The maximum absolute atomic E-state index is 7.10. The molecular weight excluding hydrogens is 206 g/mol. The second-order valence-corrected chi connectivity index (χ2v) is 4.03. The van der Waals surface area contributed by atoms with Crippen molar-refractivity contribution in [3.63, 3.8) is 0 Å². The molecule has 88 valence electrons. The molecule has 0 aromatic heterocycles. The lowest BCUT2D eigenvalue weighted by molar-refractivity contribution is 1.37. The molecule has 0 spiro atoms. The predicted molar refractivity (Wildman–Crippen MR) is 76.6 cm³/mol. The molecule has 0 amide bonds. The molecule has 0 fully saturated rings. The molecule has 1 aromatic carbocycles. The van der Waals surface area contributed by atoms with Crippen molar-refractivity contribution in [3.8, 4) is 0 Å². The molecular formula is C16H19N. The van der Waals surface area contributed by atoms with Crippen LogP contribution in [0.15, 0.2) is 48.1 Å². The van der Waals surface area contributed by atoms with Gasteiger partial charge in [0.2, 0.25) is 0 Å². The second kappa shape index (κ2) is 6.64. The normalized spacial score (nSPS) is 12.5. The number of benzene rings is 1. The third-order valence-corrected chi connectivity index (χ3v) is 2.52. The summed E-state index contributed by atoms with van der Waals surface area (Å²) in [5.74, 6) is 0. The van der Waals surface area contributed by atoms with Crippen molar-refractivity contribution in [1.82, 2.24) is 0 Å². The summed E-state index contributed by atoms with van der Waals surface area (Å²) in [6.45, 7) is 6.19. The van der Waals surface area contributed by atoms with Gasteiger partial charge in [-0.3, -0.25) is 0 Å². The number of hydrogen-bond acceptors (Lipinski definition) is 1. The van der Waals surface area contributed by atoms with Crippen LogP contribution in [-0.2, 0) is 0 Å². The lowest BCUT2D eigenvalue weighted by Gasteiger charge is -2.01. The van der Waals surface area contributed by atoms with Crippen LogP contribution in [0.5, 0.6) is 0 Å². The van der Waals surface area contributed by atoms with Gasteiger partial charge in [-0.2, -0.15) is 0 Å². The zero-order chi connectivity index (χ0) is 12.7. The Labute approximate surface area is 104 Å². The minimum atomic E-state index is 1.03. The highest BCUT2D eigenvalue weighted by Gasteiger charge is 1.94. The Morgan fingerprint density at radius 1 is 1.18 bits per heavy atom. The molecule has 0 aliphatic rings. The summed E-state index contributed by atoms with van der Waals surface area (Å²) in [6.07, 6.45) is 11.2. The summed E-state index contributed by atoms with van der Waals surface area (Å²) in [7, 11) is 0. The third-order valence-electron chi connectivity index (χ3n) is 2.52. The van der Waals surface area contributed by atoms with Crippen LogP contribution in [0.25, 0.3) is 6.08 Å². The van der Waals surface area contributed by atoms with Gasteiger partial charge in [-0.05, 0) is 43.5 Å². The molecule has 1 rings (SSSR count). The van der Waals surface area contributed by atoms with Gasteiger partial charge < -0.3 is 5.41 Å². The van der Waals surface area contributed by atoms with Crippen LogP contribution >= 0.6 is 0 Å². The van der Waals surface area contributed by atoms with Gasteiger partial charge in [0.25, 0.3) is 0 Å². The van der Waals surface area contributed by atoms with Crippen molar-refractivity contribution in [2.24, 2.45) is 0 Å². The smallest absolute Gasteiger partial charge is 0.0183 e. The van der Waals surface area contributed by atoms with Crippen LogP contribution in [-0.4, -0.2) is 6.21 Å². The van der Waals surface area contributed by atoms with E-state index in [1.807, 2.05) is 25.2 Å². The van der Waals surface area contributed by atoms with Gasteiger partial charge in [-0.1, -0.05) is 48.1 Å². The second-order valence-electron chi connectivity index (χ2n) is 4.03. The van der Waals surface area contributed by atoms with E-state index in [1.54, 1.807) is 6.08 Å². The maximum Gasteiger partial charge on any atom is 0.0183 e. The lowest BCUT2D eigenvalue weighted by Crippen LogP contribution is -1.82. The number of hydrogen-bond donors (Lipinski definition) is 1. The number of allylic oxidation sites excluding steroid dienone is 5. The van der Waals surface area contributed by atoms with Gasteiger partial charge in [0.05, 0.1) is 0 Å². The minimum Gasteiger partial charge on any atom is -0.309 e. The van der Waals surface area contributed by atoms with Crippen molar-refractivity contribution >= 4 is 12.3 Å². The highest BCUT2D eigenvalue weighted by atomic mass is 14.3. The van der Waals surface area contributed by atoms with E-state index in [9.17, 15) is 0 Å². The van der Waals surface area contributed by atoms with Crippen LogP contribution in [0.4, 0.5) is 0 Å². The highest BCUT2D eigenvalue weighted by molar-refractivity contribution is 5.72. The van der Waals surface area contributed by atoms with Crippen LogP contribution in [0.1, 0.15) is 23.6 Å². The van der Waals surface area contributed by atoms with Crippen molar-refractivity contribution < 1.29 is 0 Å². The first-order valence-electron chi connectivity index (χ1n) is 5.76. The van der Waals surface area contributed by atoms with Gasteiger partial charge in [0.1, 0.15) is 0 Å². The van der Waals surface area contributed by atoms with Crippen molar-refractivity contribution in [3.05, 3.63) is 64.8 Å². The first-order chi connectivity index (χ1) is 8.17. The first-order valence-corrected chi connectivity index (χ1v) is 5.76. The summed E-state index contributed by atoms with van der Waals surface area (Å²) in [4.78, 5) is 0. The fourth-order valence-electron chi connectivity index (χ4n) is 1.65. The Kier molecular flexibility index (Phi) is 5.15. The van der Waals surface area contributed by atoms with Crippen molar-refractivity contribution in [1.29, 1.82) is 5.41 Å². The van der Waals surface area contributed by atoms with E-state index in [-0.39, 0.29) is 0 Å². The topological polar surface area (TPSA) is 23.9 Å².